The van der Waals surface area contributed by atoms with E-state index in [4.69, 9.17) is 5.73 Å². The van der Waals surface area contributed by atoms with Gasteiger partial charge in [-0.25, -0.2) is 4.79 Å². The highest BCUT2D eigenvalue weighted by Gasteiger charge is 2.18. The normalized spacial score (nSPS) is 23.9. The number of ether oxygens (including phenoxy) is 1. The standard InChI is InChI=1S/C13H21N3O2/c1-18-13(17)12-7-6-11(16-12)8-15-10-4-2-9(14)3-5-10/h6-7,9-10,15-16H,2-5,8,14H2,1H3. The lowest BCUT2D eigenvalue weighted by Crippen LogP contribution is -2.37. The molecule has 0 bridgehead atoms. The summed E-state index contributed by atoms with van der Waals surface area (Å²) in [5, 5.41) is 3.49. The van der Waals surface area contributed by atoms with Crippen LogP contribution < -0.4 is 11.1 Å². The maximum atomic E-state index is 11.3. The molecule has 0 aliphatic heterocycles. The Morgan fingerprint density at radius 3 is 2.83 bits per heavy atom. The number of carbonyl (C=O) groups excluding carboxylic acids is 1. The zero-order chi connectivity index (χ0) is 13.0. The second kappa shape index (κ2) is 6.02. The molecule has 1 aliphatic rings. The molecule has 5 nitrogen and oxygen atoms in total. The molecule has 1 fully saturated rings. The van der Waals surface area contributed by atoms with Crippen molar-refractivity contribution in [2.75, 3.05) is 7.11 Å². The average Bonchev–Trinajstić information content (AvgIpc) is 2.86. The average molecular weight is 251 g/mol. The molecule has 0 amide bonds. The summed E-state index contributed by atoms with van der Waals surface area (Å²) in [6, 6.07) is 4.57. The van der Waals surface area contributed by atoms with Crippen molar-refractivity contribution < 1.29 is 9.53 Å². The molecule has 4 N–H and O–H groups in total. The van der Waals surface area contributed by atoms with Crippen molar-refractivity contribution in [3.63, 3.8) is 0 Å². The first-order valence-corrected chi connectivity index (χ1v) is 6.44. The third-order valence-corrected chi connectivity index (χ3v) is 3.50. The molecule has 0 radical (unpaired) electrons. The summed E-state index contributed by atoms with van der Waals surface area (Å²) in [4.78, 5) is 14.3. The molecule has 0 atom stereocenters. The minimum Gasteiger partial charge on any atom is -0.464 e. The molecular weight excluding hydrogens is 230 g/mol. The summed E-state index contributed by atoms with van der Waals surface area (Å²) in [6.07, 6.45) is 4.45. The van der Waals surface area contributed by atoms with Gasteiger partial charge in [0, 0.05) is 24.3 Å². The van der Waals surface area contributed by atoms with E-state index >= 15 is 0 Å². The van der Waals surface area contributed by atoms with Crippen LogP contribution in [0.2, 0.25) is 0 Å². The van der Waals surface area contributed by atoms with Gasteiger partial charge in [-0.05, 0) is 37.8 Å². The molecule has 0 unspecified atom stereocenters. The Balaban J connectivity index is 1.79. The molecule has 5 heteroatoms. The fourth-order valence-electron chi connectivity index (χ4n) is 2.35. The van der Waals surface area contributed by atoms with E-state index < -0.39 is 0 Å². The predicted molar refractivity (Wildman–Crippen MR) is 69.2 cm³/mol. The van der Waals surface area contributed by atoms with E-state index in [1.807, 2.05) is 6.07 Å². The van der Waals surface area contributed by atoms with Crippen LogP contribution in [0.1, 0.15) is 41.9 Å². The van der Waals surface area contributed by atoms with Crippen molar-refractivity contribution in [1.29, 1.82) is 0 Å². The minimum absolute atomic E-state index is 0.329. The van der Waals surface area contributed by atoms with Crippen LogP contribution in [0, 0.1) is 0 Å². The quantitative estimate of drug-likeness (QED) is 0.702. The number of rotatable bonds is 4. The zero-order valence-electron chi connectivity index (χ0n) is 10.7. The summed E-state index contributed by atoms with van der Waals surface area (Å²) in [5.74, 6) is -0.329. The van der Waals surface area contributed by atoms with Crippen LogP contribution in [0.4, 0.5) is 0 Å². The SMILES string of the molecule is COC(=O)c1ccc(CNC2CCC(N)CC2)[nH]1. The highest BCUT2D eigenvalue weighted by Crippen LogP contribution is 2.17. The fraction of sp³-hybridized carbons (Fsp3) is 0.615. The molecule has 100 valence electrons. The van der Waals surface area contributed by atoms with Crippen LogP contribution >= 0.6 is 0 Å². The van der Waals surface area contributed by atoms with Gasteiger partial charge in [-0.3, -0.25) is 0 Å². The minimum atomic E-state index is -0.329. The van der Waals surface area contributed by atoms with E-state index in [0.29, 0.717) is 17.8 Å². The Morgan fingerprint density at radius 1 is 1.44 bits per heavy atom. The van der Waals surface area contributed by atoms with Gasteiger partial charge in [-0.15, -0.1) is 0 Å². The summed E-state index contributed by atoms with van der Waals surface area (Å²) in [5.41, 5.74) is 7.38. The van der Waals surface area contributed by atoms with E-state index in [-0.39, 0.29) is 5.97 Å². The van der Waals surface area contributed by atoms with Crippen molar-refractivity contribution in [3.8, 4) is 0 Å². The Kier molecular flexibility index (Phi) is 4.38. The van der Waals surface area contributed by atoms with Crippen LogP contribution in [-0.2, 0) is 11.3 Å². The van der Waals surface area contributed by atoms with Crippen LogP contribution in [0.5, 0.6) is 0 Å². The van der Waals surface area contributed by atoms with Gasteiger partial charge in [0.1, 0.15) is 5.69 Å². The first-order valence-electron chi connectivity index (χ1n) is 6.44. The van der Waals surface area contributed by atoms with Gasteiger partial charge in [-0.1, -0.05) is 0 Å². The Bertz CT molecular complexity index is 395. The van der Waals surface area contributed by atoms with E-state index in [1.54, 1.807) is 6.07 Å². The molecule has 0 spiro atoms. The van der Waals surface area contributed by atoms with Crippen LogP contribution in [-0.4, -0.2) is 30.1 Å². The number of H-pyrrole nitrogens is 1. The topological polar surface area (TPSA) is 80.1 Å². The molecule has 0 aromatic carbocycles. The van der Waals surface area contributed by atoms with Crippen molar-refractivity contribution >= 4 is 5.97 Å². The number of hydrogen-bond acceptors (Lipinski definition) is 4. The third-order valence-electron chi connectivity index (χ3n) is 3.50. The largest absolute Gasteiger partial charge is 0.464 e. The van der Waals surface area contributed by atoms with Crippen molar-refractivity contribution in [2.24, 2.45) is 5.73 Å². The van der Waals surface area contributed by atoms with E-state index in [2.05, 4.69) is 15.0 Å². The molecule has 1 aromatic heterocycles. The molecule has 1 aliphatic carbocycles. The lowest BCUT2D eigenvalue weighted by molar-refractivity contribution is 0.0594. The molecule has 18 heavy (non-hydrogen) atoms. The van der Waals surface area contributed by atoms with Crippen LogP contribution in [0.15, 0.2) is 12.1 Å². The number of methoxy groups -OCH3 is 1. The lowest BCUT2D eigenvalue weighted by atomic mass is 9.92. The maximum absolute atomic E-state index is 11.3. The molecule has 1 heterocycles. The smallest absolute Gasteiger partial charge is 0.354 e. The van der Waals surface area contributed by atoms with Gasteiger partial charge in [0.2, 0.25) is 0 Å². The number of hydrogen-bond donors (Lipinski definition) is 3. The van der Waals surface area contributed by atoms with Gasteiger partial charge in [0.25, 0.3) is 0 Å². The van der Waals surface area contributed by atoms with Crippen LogP contribution in [0.3, 0.4) is 0 Å². The van der Waals surface area contributed by atoms with Gasteiger partial charge >= 0.3 is 5.97 Å². The number of esters is 1. The number of nitrogens with one attached hydrogen (secondary N) is 2. The zero-order valence-corrected chi connectivity index (χ0v) is 10.7. The van der Waals surface area contributed by atoms with Gasteiger partial charge in [0.05, 0.1) is 7.11 Å². The molecule has 1 aromatic rings. The fourth-order valence-corrected chi connectivity index (χ4v) is 2.35. The molecular formula is C13H21N3O2. The first-order chi connectivity index (χ1) is 8.69. The molecule has 0 saturated heterocycles. The number of aromatic amines is 1. The van der Waals surface area contributed by atoms with E-state index in [1.165, 1.54) is 7.11 Å². The third kappa shape index (κ3) is 3.34. The second-order valence-electron chi connectivity index (χ2n) is 4.88. The Labute approximate surface area is 107 Å². The second-order valence-corrected chi connectivity index (χ2v) is 4.88. The summed E-state index contributed by atoms with van der Waals surface area (Å²) in [6.45, 7) is 0.747. The van der Waals surface area contributed by atoms with Crippen molar-refractivity contribution in [3.05, 3.63) is 23.5 Å². The summed E-state index contributed by atoms with van der Waals surface area (Å²) >= 11 is 0. The van der Waals surface area contributed by atoms with Gasteiger partial charge in [0.15, 0.2) is 0 Å². The van der Waals surface area contributed by atoms with Gasteiger partial charge < -0.3 is 20.8 Å². The Morgan fingerprint density at radius 2 is 2.17 bits per heavy atom. The predicted octanol–water partition coefficient (Wildman–Crippen LogP) is 1.16. The lowest BCUT2D eigenvalue weighted by Gasteiger charge is -2.26. The first kappa shape index (κ1) is 13.1. The van der Waals surface area contributed by atoms with E-state index in [0.717, 1.165) is 37.9 Å². The Hall–Kier alpha value is -1.33. The highest BCUT2D eigenvalue weighted by molar-refractivity contribution is 5.87. The van der Waals surface area contributed by atoms with Crippen LogP contribution in [0.25, 0.3) is 0 Å². The molecule has 2 rings (SSSR count). The van der Waals surface area contributed by atoms with Gasteiger partial charge in [-0.2, -0.15) is 0 Å². The molecule has 1 saturated carbocycles. The number of nitrogens with two attached hydrogens (primary N) is 1. The van der Waals surface area contributed by atoms with Crippen molar-refractivity contribution in [2.45, 2.75) is 44.3 Å². The summed E-state index contributed by atoms with van der Waals surface area (Å²) < 4.78 is 4.65. The maximum Gasteiger partial charge on any atom is 0.354 e. The summed E-state index contributed by atoms with van der Waals surface area (Å²) in [7, 11) is 1.38. The van der Waals surface area contributed by atoms with Crippen molar-refractivity contribution in [1.82, 2.24) is 10.3 Å². The van der Waals surface area contributed by atoms with E-state index in [9.17, 15) is 4.79 Å². The number of carbonyl (C=O) groups is 1. The number of aromatic nitrogens is 1. The monoisotopic (exact) mass is 251 g/mol. The highest BCUT2D eigenvalue weighted by atomic mass is 16.5.